The van der Waals surface area contributed by atoms with E-state index < -0.39 is 42.3 Å². The highest BCUT2D eigenvalue weighted by atomic mass is 16.6. The van der Waals surface area contributed by atoms with Crippen molar-refractivity contribution in [2.75, 3.05) is 33.0 Å². The minimum Gasteiger partial charge on any atom is -0.463 e. The number of hydrogen-bond donors (Lipinski definition) is 3. The second-order valence-corrected chi connectivity index (χ2v) is 10.1. The fraction of sp³-hybridized carbons (Fsp3) is 0.412. The van der Waals surface area contributed by atoms with Crippen molar-refractivity contribution in [3.8, 4) is 0 Å². The molecule has 0 aromatic heterocycles. The molecule has 0 spiro atoms. The summed E-state index contributed by atoms with van der Waals surface area (Å²) in [6.45, 7) is 7.40. The molecule has 2 rings (SSSR count). The van der Waals surface area contributed by atoms with Crippen LogP contribution in [0.2, 0.25) is 0 Å². The molecular weight excluding hydrogens is 564 g/mol. The van der Waals surface area contributed by atoms with Crippen molar-refractivity contribution in [2.45, 2.75) is 44.8 Å². The molecule has 0 fully saturated rings. The van der Waals surface area contributed by atoms with E-state index in [9.17, 15) is 19.2 Å². The van der Waals surface area contributed by atoms with Gasteiger partial charge in [-0.15, -0.1) is 13.2 Å². The molecule has 2 aromatic carbocycles. The minimum absolute atomic E-state index is 0.0349. The van der Waals surface area contributed by atoms with Crippen LogP contribution >= 0.6 is 0 Å². The summed E-state index contributed by atoms with van der Waals surface area (Å²) in [4.78, 5) is 52.1. The summed E-state index contributed by atoms with van der Waals surface area (Å²) in [7, 11) is 0. The highest BCUT2D eigenvalue weighted by molar-refractivity contribution is 5.89. The maximum Gasteiger partial charge on any atom is 0.332 e. The second kappa shape index (κ2) is 21.4. The lowest BCUT2D eigenvalue weighted by molar-refractivity contribution is -0.157. The molecule has 3 atom stereocenters. The minimum atomic E-state index is -1.30. The average Bonchev–Trinajstić information content (AvgIpc) is 3.04. The summed E-state index contributed by atoms with van der Waals surface area (Å²) in [6, 6.07) is 17.3. The molecule has 0 bridgehead atoms. The van der Waals surface area contributed by atoms with Gasteiger partial charge in [0.15, 0.2) is 6.04 Å². The molecule has 10 heteroatoms. The number of aliphatic hydroxyl groups is 1. The molecule has 0 heterocycles. The molecule has 3 N–H and O–H groups in total. The van der Waals surface area contributed by atoms with Crippen LogP contribution < -0.4 is 10.6 Å². The van der Waals surface area contributed by atoms with Crippen molar-refractivity contribution in [1.29, 1.82) is 0 Å². The van der Waals surface area contributed by atoms with Crippen molar-refractivity contribution in [1.82, 2.24) is 10.6 Å². The zero-order chi connectivity index (χ0) is 32.0. The predicted octanol–water partition coefficient (Wildman–Crippen LogP) is 3.29. The Balaban J connectivity index is 2.10. The van der Waals surface area contributed by atoms with Gasteiger partial charge in [0.25, 0.3) is 0 Å². The maximum absolute atomic E-state index is 13.3. The Labute approximate surface area is 259 Å². The predicted molar refractivity (Wildman–Crippen MR) is 166 cm³/mol. The number of aliphatic hydroxyl groups excluding tert-OH is 1. The van der Waals surface area contributed by atoms with E-state index in [0.29, 0.717) is 19.3 Å². The average molecular weight is 609 g/mol. The van der Waals surface area contributed by atoms with Crippen molar-refractivity contribution in [3.05, 3.63) is 97.1 Å². The zero-order valence-corrected chi connectivity index (χ0v) is 25.2. The quantitative estimate of drug-likeness (QED) is 0.105. The Bertz CT molecular complexity index is 1170. The Kier molecular flexibility index (Phi) is 17.5. The molecule has 0 radical (unpaired) electrons. The number of nitrogens with one attached hydrogen (secondary N) is 2. The molecule has 0 saturated carbocycles. The van der Waals surface area contributed by atoms with E-state index >= 15 is 0 Å². The van der Waals surface area contributed by atoms with E-state index in [1.165, 1.54) is 6.08 Å². The number of carbonyl (C=O) groups excluding carboxylic acids is 4. The Morgan fingerprint density at radius 2 is 1.52 bits per heavy atom. The fourth-order valence-electron chi connectivity index (χ4n) is 4.30. The van der Waals surface area contributed by atoms with E-state index in [2.05, 4.69) is 23.8 Å². The lowest BCUT2D eigenvalue weighted by atomic mass is 9.95. The maximum atomic E-state index is 13.3. The molecular formula is C34H44N2O8. The summed E-state index contributed by atoms with van der Waals surface area (Å²) in [5, 5.41) is 14.1. The number of carbonyl (C=O) groups is 4. The molecule has 0 aliphatic heterocycles. The van der Waals surface area contributed by atoms with Crippen LogP contribution in [-0.2, 0) is 46.4 Å². The highest BCUT2D eigenvalue weighted by Crippen LogP contribution is 2.17. The first-order valence-corrected chi connectivity index (χ1v) is 14.8. The van der Waals surface area contributed by atoms with Crippen LogP contribution in [0.5, 0.6) is 0 Å². The van der Waals surface area contributed by atoms with Gasteiger partial charge in [-0.25, -0.2) is 4.79 Å². The third-order valence-electron chi connectivity index (χ3n) is 6.65. The van der Waals surface area contributed by atoms with Gasteiger partial charge in [0.1, 0.15) is 13.2 Å². The normalized spacial score (nSPS) is 12.7. The molecule has 44 heavy (non-hydrogen) atoms. The van der Waals surface area contributed by atoms with E-state index in [1.807, 2.05) is 48.5 Å². The van der Waals surface area contributed by atoms with Gasteiger partial charge in [-0.1, -0.05) is 72.8 Å². The molecule has 2 amide bonds. The molecule has 0 aliphatic rings. The fourth-order valence-corrected chi connectivity index (χ4v) is 4.30. The van der Waals surface area contributed by atoms with Crippen LogP contribution in [0.15, 0.2) is 86.0 Å². The Morgan fingerprint density at radius 3 is 2.16 bits per heavy atom. The number of benzene rings is 2. The number of hydrogen-bond acceptors (Lipinski definition) is 8. The third-order valence-corrected chi connectivity index (χ3v) is 6.65. The summed E-state index contributed by atoms with van der Waals surface area (Å²) < 4.78 is 16.2. The smallest absolute Gasteiger partial charge is 0.332 e. The highest BCUT2D eigenvalue weighted by Gasteiger charge is 2.30. The number of ether oxygens (including phenoxy) is 3. The number of allylic oxidation sites excluding steroid dienone is 2. The summed E-state index contributed by atoms with van der Waals surface area (Å²) in [6.07, 6.45) is 4.81. The van der Waals surface area contributed by atoms with E-state index in [-0.39, 0.29) is 51.7 Å². The van der Waals surface area contributed by atoms with Gasteiger partial charge in [0.2, 0.25) is 11.8 Å². The number of esters is 2. The van der Waals surface area contributed by atoms with Crippen LogP contribution in [-0.4, -0.2) is 67.9 Å². The van der Waals surface area contributed by atoms with Crippen molar-refractivity contribution < 1.29 is 38.5 Å². The van der Waals surface area contributed by atoms with Crippen molar-refractivity contribution in [3.63, 3.8) is 0 Å². The Hall–Kier alpha value is -4.28. The number of rotatable bonds is 22. The molecule has 238 valence electrons. The summed E-state index contributed by atoms with van der Waals surface area (Å²) >= 11 is 0. The van der Waals surface area contributed by atoms with Crippen LogP contribution in [0.1, 0.15) is 36.8 Å². The molecule has 0 aliphatic carbocycles. The lowest BCUT2D eigenvalue weighted by Gasteiger charge is -2.22. The van der Waals surface area contributed by atoms with Gasteiger partial charge in [-0.2, -0.15) is 0 Å². The van der Waals surface area contributed by atoms with Gasteiger partial charge >= 0.3 is 11.9 Å². The first-order valence-electron chi connectivity index (χ1n) is 14.8. The van der Waals surface area contributed by atoms with Crippen LogP contribution in [0.25, 0.3) is 0 Å². The van der Waals surface area contributed by atoms with Crippen molar-refractivity contribution in [2.24, 2.45) is 11.8 Å². The second-order valence-electron chi connectivity index (χ2n) is 10.1. The van der Waals surface area contributed by atoms with Crippen LogP contribution in [0.4, 0.5) is 0 Å². The third kappa shape index (κ3) is 14.3. The first-order chi connectivity index (χ1) is 21.4. The van der Waals surface area contributed by atoms with E-state index in [0.717, 1.165) is 11.1 Å². The van der Waals surface area contributed by atoms with Gasteiger partial charge in [0.05, 0.1) is 31.7 Å². The van der Waals surface area contributed by atoms with Crippen molar-refractivity contribution >= 4 is 23.8 Å². The monoisotopic (exact) mass is 608 g/mol. The Morgan fingerprint density at radius 1 is 0.841 bits per heavy atom. The molecule has 0 saturated heterocycles. The summed E-state index contributed by atoms with van der Waals surface area (Å²) in [5.41, 5.74) is 1.72. The van der Waals surface area contributed by atoms with E-state index in [1.54, 1.807) is 18.2 Å². The summed E-state index contributed by atoms with van der Waals surface area (Å²) in [5.74, 6) is -3.56. The van der Waals surface area contributed by atoms with Gasteiger partial charge in [-0.05, 0) is 36.8 Å². The number of amides is 2. The van der Waals surface area contributed by atoms with Crippen LogP contribution in [0, 0.1) is 11.8 Å². The zero-order valence-electron chi connectivity index (χ0n) is 25.2. The standard InChI is InChI=1S/C34H44N2O8/c1-3-5-17-29(22-26-13-8-6-9-14-26)33(40)44-25-30(34(41)43-24-27-15-10-7-11-16-27)36-32(39)28(12-4-2)23-31(38)35-18-20-42-21-19-37/h3-4,6-11,13-16,28-30,37H,1-2,5,12,17-25H2,(H,35,38)(H,36,39). The van der Waals surface area contributed by atoms with Gasteiger partial charge in [0, 0.05) is 13.0 Å². The molecule has 10 nitrogen and oxygen atoms in total. The van der Waals surface area contributed by atoms with Gasteiger partial charge in [-0.3, -0.25) is 14.4 Å². The molecule has 2 aromatic rings. The topological polar surface area (TPSA) is 140 Å². The SMILES string of the molecule is C=CCCC(Cc1ccccc1)C(=O)OCC(NC(=O)C(CC=C)CC(=O)NCCOCCO)C(=O)OCc1ccccc1. The van der Waals surface area contributed by atoms with Crippen LogP contribution in [0.3, 0.4) is 0 Å². The van der Waals surface area contributed by atoms with Gasteiger partial charge < -0.3 is 30.0 Å². The molecule has 3 unspecified atom stereocenters. The first kappa shape index (κ1) is 35.9. The van der Waals surface area contributed by atoms with E-state index in [4.69, 9.17) is 19.3 Å². The largest absolute Gasteiger partial charge is 0.463 e. The lowest BCUT2D eigenvalue weighted by Crippen LogP contribution is -2.48.